The van der Waals surface area contributed by atoms with E-state index in [0.717, 1.165) is 17.7 Å². The van der Waals surface area contributed by atoms with E-state index in [1.165, 1.54) is 24.5 Å². The molecule has 4 aromatic rings. The molecular formula is C21H16F2N2O3S. The molecule has 0 unspecified atom stereocenters. The SMILES string of the molecule is Cc1ccc(S(=O)(=O)c2ccc3c(ncn3C)c2Oc2ccc(F)cc2F)cc1. The minimum Gasteiger partial charge on any atom is -0.451 e. The van der Waals surface area contributed by atoms with E-state index in [2.05, 4.69) is 4.98 Å². The second-order valence-electron chi connectivity index (χ2n) is 6.61. The molecule has 0 N–H and O–H groups in total. The van der Waals surface area contributed by atoms with E-state index in [1.807, 2.05) is 6.92 Å². The van der Waals surface area contributed by atoms with E-state index < -0.39 is 21.5 Å². The number of aromatic nitrogens is 2. The van der Waals surface area contributed by atoms with Gasteiger partial charge in [0.1, 0.15) is 16.2 Å². The van der Waals surface area contributed by atoms with Crippen molar-refractivity contribution in [1.82, 2.24) is 9.55 Å². The number of imidazole rings is 1. The molecule has 29 heavy (non-hydrogen) atoms. The van der Waals surface area contributed by atoms with Crippen LogP contribution in [0.1, 0.15) is 5.56 Å². The lowest BCUT2D eigenvalue weighted by Gasteiger charge is -2.14. The lowest BCUT2D eigenvalue weighted by Crippen LogP contribution is -2.05. The van der Waals surface area contributed by atoms with Crippen LogP contribution in [0, 0.1) is 18.6 Å². The number of hydrogen-bond acceptors (Lipinski definition) is 4. The molecule has 0 aliphatic carbocycles. The highest BCUT2D eigenvalue weighted by molar-refractivity contribution is 7.91. The number of benzene rings is 3. The summed E-state index contributed by atoms with van der Waals surface area (Å²) in [5.74, 6) is -2.13. The molecule has 0 fully saturated rings. The van der Waals surface area contributed by atoms with Crippen molar-refractivity contribution >= 4 is 20.9 Å². The summed E-state index contributed by atoms with van der Waals surface area (Å²) in [6.45, 7) is 1.85. The highest BCUT2D eigenvalue weighted by Crippen LogP contribution is 2.38. The maximum absolute atomic E-state index is 14.2. The minimum absolute atomic E-state index is 0.0720. The molecule has 1 aromatic heterocycles. The normalized spacial score (nSPS) is 11.7. The number of halogens is 2. The van der Waals surface area contributed by atoms with Gasteiger partial charge in [-0.15, -0.1) is 0 Å². The molecule has 0 spiro atoms. The Labute approximate surface area is 166 Å². The average molecular weight is 414 g/mol. The van der Waals surface area contributed by atoms with Crippen molar-refractivity contribution in [2.75, 3.05) is 0 Å². The number of nitrogens with zero attached hydrogens (tertiary/aromatic N) is 2. The number of sulfone groups is 1. The van der Waals surface area contributed by atoms with Crippen LogP contribution < -0.4 is 4.74 Å². The second kappa shape index (κ2) is 6.97. The zero-order valence-corrected chi connectivity index (χ0v) is 16.4. The Morgan fingerprint density at radius 3 is 2.41 bits per heavy atom. The summed E-state index contributed by atoms with van der Waals surface area (Å²) in [6.07, 6.45) is 1.50. The lowest BCUT2D eigenvalue weighted by molar-refractivity contribution is 0.431. The van der Waals surface area contributed by atoms with Crippen LogP contribution in [0.2, 0.25) is 0 Å². The summed E-state index contributed by atoms with van der Waals surface area (Å²) >= 11 is 0. The number of fused-ring (bicyclic) bond motifs is 1. The van der Waals surface area contributed by atoms with Crippen LogP contribution in [0.5, 0.6) is 11.5 Å². The molecule has 0 bridgehead atoms. The summed E-state index contributed by atoms with van der Waals surface area (Å²) in [7, 11) is -2.24. The smallest absolute Gasteiger partial charge is 0.210 e. The molecule has 0 amide bonds. The predicted molar refractivity (Wildman–Crippen MR) is 104 cm³/mol. The first-order valence-electron chi connectivity index (χ1n) is 8.66. The minimum atomic E-state index is -3.98. The van der Waals surface area contributed by atoms with Crippen LogP contribution >= 0.6 is 0 Å². The van der Waals surface area contributed by atoms with Crippen molar-refractivity contribution in [1.29, 1.82) is 0 Å². The largest absolute Gasteiger partial charge is 0.451 e. The Balaban J connectivity index is 1.94. The fourth-order valence-corrected chi connectivity index (χ4v) is 4.36. The molecule has 4 rings (SSSR count). The van der Waals surface area contributed by atoms with Gasteiger partial charge in [-0.25, -0.2) is 22.2 Å². The molecule has 148 valence electrons. The molecule has 0 radical (unpaired) electrons. The fourth-order valence-electron chi connectivity index (χ4n) is 2.98. The van der Waals surface area contributed by atoms with E-state index in [4.69, 9.17) is 4.74 Å². The molecule has 1 heterocycles. The van der Waals surface area contributed by atoms with E-state index in [9.17, 15) is 17.2 Å². The van der Waals surface area contributed by atoms with E-state index in [0.29, 0.717) is 11.6 Å². The first-order chi connectivity index (χ1) is 13.8. The molecule has 5 nitrogen and oxygen atoms in total. The number of rotatable bonds is 4. The Kier molecular flexibility index (Phi) is 4.58. The Morgan fingerprint density at radius 1 is 1.00 bits per heavy atom. The van der Waals surface area contributed by atoms with Gasteiger partial charge in [0.2, 0.25) is 9.84 Å². The van der Waals surface area contributed by atoms with Crippen molar-refractivity contribution in [3.8, 4) is 11.5 Å². The van der Waals surface area contributed by atoms with E-state index >= 15 is 0 Å². The van der Waals surface area contributed by atoms with Crippen molar-refractivity contribution in [2.24, 2.45) is 7.05 Å². The highest BCUT2D eigenvalue weighted by Gasteiger charge is 2.26. The van der Waals surface area contributed by atoms with Crippen LogP contribution in [0.3, 0.4) is 0 Å². The lowest BCUT2D eigenvalue weighted by atomic mass is 10.2. The third-order valence-electron chi connectivity index (χ3n) is 4.54. The third-order valence-corrected chi connectivity index (χ3v) is 6.33. The summed E-state index contributed by atoms with van der Waals surface area (Å²) < 4.78 is 61.4. The molecule has 0 saturated heterocycles. The second-order valence-corrected chi connectivity index (χ2v) is 8.53. The van der Waals surface area contributed by atoms with Crippen LogP contribution in [-0.4, -0.2) is 18.0 Å². The maximum atomic E-state index is 14.2. The van der Waals surface area contributed by atoms with Gasteiger partial charge >= 0.3 is 0 Å². The molecule has 0 aliphatic heterocycles. The Bertz CT molecular complexity index is 1330. The molecule has 0 saturated carbocycles. The standard InChI is InChI=1S/C21H16F2N2O3S/c1-13-3-6-15(7-4-13)29(26,27)19-10-8-17-20(24-12-25(17)2)21(19)28-18-9-5-14(22)11-16(18)23/h3-12H,1-2H3. The van der Waals surface area contributed by atoms with Crippen molar-refractivity contribution in [3.05, 3.63) is 78.1 Å². The maximum Gasteiger partial charge on any atom is 0.210 e. The van der Waals surface area contributed by atoms with E-state index in [-0.39, 0.29) is 26.8 Å². The topological polar surface area (TPSA) is 61.2 Å². The van der Waals surface area contributed by atoms with E-state index in [1.54, 1.807) is 29.8 Å². The summed E-state index contributed by atoms with van der Waals surface area (Å²) in [6, 6.07) is 12.2. The van der Waals surface area contributed by atoms with Crippen LogP contribution in [0.15, 0.2) is 70.7 Å². The van der Waals surface area contributed by atoms with Crippen LogP contribution in [0.4, 0.5) is 8.78 Å². The summed E-state index contributed by atoms with van der Waals surface area (Å²) in [5.41, 5.74) is 1.77. The predicted octanol–water partition coefficient (Wildman–Crippen LogP) is 4.79. The Morgan fingerprint density at radius 2 is 1.72 bits per heavy atom. The number of aryl methyl sites for hydroxylation is 2. The molecule has 8 heteroatoms. The van der Waals surface area contributed by atoms with Gasteiger partial charge in [-0.2, -0.15) is 0 Å². The molecule has 3 aromatic carbocycles. The quantitative estimate of drug-likeness (QED) is 0.482. The highest BCUT2D eigenvalue weighted by atomic mass is 32.2. The van der Waals surface area contributed by atoms with Gasteiger partial charge in [-0.1, -0.05) is 17.7 Å². The first kappa shape index (κ1) is 19.1. The van der Waals surface area contributed by atoms with Gasteiger partial charge in [0.15, 0.2) is 17.3 Å². The van der Waals surface area contributed by atoms with Crippen LogP contribution in [0.25, 0.3) is 11.0 Å². The van der Waals surface area contributed by atoms with Gasteiger partial charge in [0, 0.05) is 13.1 Å². The van der Waals surface area contributed by atoms with Gasteiger partial charge in [-0.05, 0) is 43.3 Å². The first-order valence-corrected chi connectivity index (χ1v) is 10.1. The number of ether oxygens (including phenoxy) is 1. The van der Waals surface area contributed by atoms with Gasteiger partial charge in [0.25, 0.3) is 0 Å². The van der Waals surface area contributed by atoms with Crippen molar-refractivity contribution in [2.45, 2.75) is 16.7 Å². The molecule has 0 atom stereocenters. The zero-order valence-electron chi connectivity index (χ0n) is 15.6. The third kappa shape index (κ3) is 3.36. The van der Waals surface area contributed by atoms with Crippen molar-refractivity contribution < 1.29 is 21.9 Å². The average Bonchev–Trinajstić information content (AvgIpc) is 3.06. The fraction of sp³-hybridized carbons (Fsp3) is 0.0952. The van der Waals surface area contributed by atoms with Crippen molar-refractivity contribution in [3.63, 3.8) is 0 Å². The van der Waals surface area contributed by atoms with Gasteiger partial charge in [-0.3, -0.25) is 0 Å². The van der Waals surface area contributed by atoms with Gasteiger partial charge in [0.05, 0.1) is 16.7 Å². The van der Waals surface area contributed by atoms with Gasteiger partial charge < -0.3 is 9.30 Å². The Hall–Kier alpha value is -3.26. The summed E-state index contributed by atoms with van der Waals surface area (Å²) in [4.78, 5) is 4.14. The summed E-state index contributed by atoms with van der Waals surface area (Å²) in [5, 5.41) is 0. The number of hydrogen-bond donors (Lipinski definition) is 0. The molecule has 0 aliphatic rings. The van der Waals surface area contributed by atoms with Crippen LogP contribution in [-0.2, 0) is 16.9 Å². The molecular weight excluding hydrogens is 398 g/mol. The monoisotopic (exact) mass is 414 g/mol. The zero-order chi connectivity index (χ0) is 20.8.